The van der Waals surface area contributed by atoms with E-state index in [4.69, 9.17) is 5.84 Å². The van der Waals surface area contributed by atoms with Gasteiger partial charge in [0.25, 0.3) is 5.91 Å². The predicted octanol–water partition coefficient (Wildman–Crippen LogP) is 1.29. The highest BCUT2D eigenvalue weighted by Gasteiger charge is 2.23. The Balaban J connectivity index is 1.94. The van der Waals surface area contributed by atoms with Gasteiger partial charge in [0.2, 0.25) is 0 Å². The van der Waals surface area contributed by atoms with E-state index in [2.05, 4.69) is 22.7 Å². The standard InChI is InChI=1S/C12H18N4O/c1-8-2-4-10(6-8)15-12(17)9-3-5-11(16-13)14-7-9/h3,5,7-8,10H,2,4,6,13H2,1H3,(H,14,16)(H,15,17). The van der Waals surface area contributed by atoms with Crippen molar-refractivity contribution in [1.29, 1.82) is 0 Å². The molecule has 1 amide bonds. The van der Waals surface area contributed by atoms with Crippen LogP contribution in [0.15, 0.2) is 18.3 Å². The molecule has 1 aliphatic rings. The molecule has 1 heterocycles. The van der Waals surface area contributed by atoms with Gasteiger partial charge in [-0.25, -0.2) is 10.8 Å². The largest absolute Gasteiger partial charge is 0.349 e. The monoisotopic (exact) mass is 234 g/mol. The number of hydrazine groups is 1. The lowest BCUT2D eigenvalue weighted by Gasteiger charge is -2.12. The lowest BCUT2D eigenvalue weighted by molar-refractivity contribution is 0.0937. The van der Waals surface area contributed by atoms with Crippen LogP contribution in [0.5, 0.6) is 0 Å². The fraction of sp³-hybridized carbons (Fsp3) is 0.500. The maximum atomic E-state index is 11.9. The molecule has 4 N–H and O–H groups in total. The third-order valence-corrected chi connectivity index (χ3v) is 3.20. The number of amides is 1. The van der Waals surface area contributed by atoms with Crippen molar-refractivity contribution in [2.45, 2.75) is 32.2 Å². The van der Waals surface area contributed by atoms with Gasteiger partial charge in [-0.15, -0.1) is 0 Å². The molecule has 1 aromatic rings. The van der Waals surface area contributed by atoms with Crippen LogP contribution in [0, 0.1) is 5.92 Å². The summed E-state index contributed by atoms with van der Waals surface area (Å²) < 4.78 is 0. The van der Waals surface area contributed by atoms with Gasteiger partial charge < -0.3 is 10.7 Å². The molecule has 0 spiro atoms. The normalized spacial score (nSPS) is 23.4. The molecule has 1 aliphatic carbocycles. The Morgan fingerprint density at radius 1 is 1.47 bits per heavy atom. The Hall–Kier alpha value is -1.62. The van der Waals surface area contributed by atoms with Gasteiger partial charge >= 0.3 is 0 Å². The third kappa shape index (κ3) is 2.94. The number of carbonyl (C=O) groups is 1. The van der Waals surface area contributed by atoms with E-state index in [1.54, 1.807) is 12.1 Å². The molecule has 0 saturated heterocycles. The highest BCUT2D eigenvalue weighted by molar-refractivity contribution is 5.94. The van der Waals surface area contributed by atoms with E-state index in [1.165, 1.54) is 12.6 Å². The third-order valence-electron chi connectivity index (χ3n) is 3.20. The van der Waals surface area contributed by atoms with Gasteiger partial charge in [0, 0.05) is 12.2 Å². The first-order valence-corrected chi connectivity index (χ1v) is 5.92. The highest BCUT2D eigenvalue weighted by atomic mass is 16.1. The first-order valence-electron chi connectivity index (χ1n) is 5.92. The first kappa shape index (κ1) is 11.9. The summed E-state index contributed by atoms with van der Waals surface area (Å²) in [6.07, 6.45) is 4.87. The van der Waals surface area contributed by atoms with Crippen molar-refractivity contribution in [1.82, 2.24) is 10.3 Å². The van der Waals surface area contributed by atoms with Crippen LogP contribution in [0.4, 0.5) is 5.82 Å². The number of anilines is 1. The molecule has 1 fully saturated rings. The summed E-state index contributed by atoms with van der Waals surface area (Å²) in [7, 11) is 0. The lowest BCUT2D eigenvalue weighted by atomic mass is 10.1. The molecule has 17 heavy (non-hydrogen) atoms. The van der Waals surface area contributed by atoms with Crippen LogP contribution in [0.25, 0.3) is 0 Å². The second-order valence-electron chi connectivity index (χ2n) is 4.67. The summed E-state index contributed by atoms with van der Waals surface area (Å²) in [5.41, 5.74) is 3.00. The zero-order valence-corrected chi connectivity index (χ0v) is 9.94. The average Bonchev–Trinajstić information content (AvgIpc) is 2.75. The van der Waals surface area contributed by atoms with Gasteiger partial charge in [-0.1, -0.05) is 6.92 Å². The number of rotatable bonds is 3. The Bertz CT molecular complexity index is 390. The molecule has 0 bridgehead atoms. The van der Waals surface area contributed by atoms with E-state index < -0.39 is 0 Å². The van der Waals surface area contributed by atoms with Crippen LogP contribution >= 0.6 is 0 Å². The van der Waals surface area contributed by atoms with Gasteiger partial charge in [-0.3, -0.25) is 4.79 Å². The van der Waals surface area contributed by atoms with E-state index in [-0.39, 0.29) is 5.91 Å². The zero-order chi connectivity index (χ0) is 12.3. The second-order valence-corrected chi connectivity index (χ2v) is 4.67. The molecule has 0 aliphatic heterocycles. The number of nitrogens with zero attached hydrogens (tertiary/aromatic N) is 1. The van der Waals surface area contributed by atoms with Crippen molar-refractivity contribution >= 4 is 11.7 Å². The second kappa shape index (κ2) is 5.14. The minimum absolute atomic E-state index is 0.0554. The van der Waals surface area contributed by atoms with Crippen LogP contribution in [0.2, 0.25) is 0 Å². The fourth-order valence-electron chi connectivity index (χ4n) is 2.22. The average molecular weight is 234 g/mol. The van der Waals surface area contributed by atoms with Crippen LogP contribution in [0.1, 0.15) is 36.5 Å². The summed E-state index contributed by atoms with van der Waals surface area (Å²) in [6, 6.07) is 3.71. The smallest absolute Gasteiger partial charge is 0.253 e. The number of carbonyl (C=O) groups excluding carboxylic acids is 1. The van der Waals surface area contributed by atoms with E-state index in [0.717, 1.165) is 12.8 Å². The van der Waals surface area contributed by atoms with E-state index >= 15 is 0 Å². The maximum absolute atomic E-state index is 11.9. The number of hydrogen-bond donors (Lipinski definition) is 3. The summed E-state index contributed by atoms with van der Waals surface area (Å²) in [6.45, 7) is 2.22. The Kier molecular flexibility index (Phi) is 3.58. The van der Waals surface area contributed by atoms with Gasteiger partial charge in [-0.2, -0.15) is 0 Å². The van der Waals surface area contributed by atoms with Crippen molar-refractivity contribution < 1.29 is 4.79 Å². The Morgan fingerprint density at radius 2 is 2.29 bits per heavy atom. The van der Waals surface area contributed by atoms with Crippen molar-refractivity contribution in [3.05, 3.63) is 23.9 Å². The highest BCUT2D eigenvalue weighted by Crippen LogP contribution is 2.24. The number of nitrogens with two attached hydrogens (primary N) is 1. The molecule has 0 radical (unpaired) electrons. The first-order chi connectivity index (χ1) is 8.19. The minimum Gasteiger partial charge on any atom is -0.349 e. The van der Waals surface area contributed by atoms with Crippen molar-refractivity contribution in [2.24, 2.45) is 11.8 Å². The molecule has 5 heteroatoms. The van der Waals surface area contributed by atoms with Gasteiger partial charge in [-0.05, 0) is 37.3 Å². The van der Waals surface area contributed by atoms with Gasteiger partial charge in [0.15, 0.2) is 0 Å². The quantitative estimate of drug-likeness (QED) is 0.544. The van der Waals surface area contributed by atoms with Crippen LogP contribution < -0.4 is 16.6 Å². The fourth-order valence-corrected chi connectivity index (χ4v) is 2.22. The Morgan fingerprint density at radius 3 is 2.82 bits per heavy atom. The molecule has 92 valence electrons. The molecule has 1 aromatic heterocycles. The SMILES string of the molecule is CC1CCC(NC(=O)c2ccc(NN)nc2)C1. The number of aromatic nitrogens is 1. The van der Waals surface area contributed by atoms with Crippen LogP contribution in [-0.4, -0.2) is 16.9 Å². The molecule has 1 saturated carbocycles. The minimum atomic E-state index is -0.0554. The summed E-state index contributed by atoms with van der Waals surface area (Å²) in [4.78, 5) is 15.9. The summed E-state index contributed by atoms with van der Waals surface area (Å²) in [5.74, 6) is 6.42. The van der Waals surface area contributed by atoms with Crippen molar-refractivity contribution in [3.8, 4) is 0 Å². The number of hydrogen-bond acceptors (Lipinski definition) is 4. The summed E-state index contributed by atoms with van der Waals surface area (Å²) >= 11 is 0. The van der Waals surface area contributed by atoms with Crippen molar-refractivity contribution in [2.75, 3.05) is 5.43 Å². The molecule has 2 unspecified atom stereocenters. The van der Waals surface area contributed by atoms with Crippen LogP contribution in [-0.2, 0) is 0 Å². The van der Waals surface area contributed by atoms with Crippen LogP contribution in [0.3, 0.4) is 0 Å². The zero-order valence-electron chi connectivity index (χ0n) is 9.94. The van der Waals surface area contributed by atoms with E-state index in [0.29, 0.717) is 23.3 Å². The number of pyridine rings is 1. The number of nitrogen functional groups attached to an aromatic ring is 1. The number of nitrogens with one attached hydrogen (secondary N) is 2. The maximum Gasteiger partial charge on any atom is 0.253 e. The molecular formula is C12H18N4O. The van der Waals surface area contributed by atoms with Gasteiger partial charge in [0.1, 0.15) is 5.82 Å². The molecule has 2 rings (SSSR count). The lowest BCUT2D eigenvalue weighted by Crippen LogP contribution is -2.32. The molecule has 5 nitrogen and oxygen atoms in total. The molecule has 0 aromatic carbocycles. The van der Waals surface area contributed by atoms with E-state index in [1.807, 2.05) is 0 Å². The topological polar surface area (TPSA) is 80.0 Å². The van der Waals surface area contributed by atoms with Crippen molar-refractivity contribution in [3.63, 3.8) is 0 Å². The molecule has 2 atom stereocenters. The van der Waals surface area contributed by atoms with E-state index in [9.17, 15) is 4.79 Å². The predicted molar refractivity (Wildman–Crippen MR) is 66.3 cm³/mol. The molecular weight excluding hydrogens is 216 g/mol. The Labute approximate surface area is 101 Å². The summed E-state index contributed by atoms with van der Waals surface area (Å²) in [5, 5.41) is 3.03. The van der Waals surface area contributed by atoms with Gasteiger partial charge in [0.05, 0.1) is 5.56 Å².